The number of hydrogen-bond donors (Lipinski definition) is 1. The molecule has 0 spiro atoms. The number of thiazole rings is 1. The van der Waals surface area contributed by atoms with Gasteiger partial charge in [0.25, 0.3) is 0 Å². The summed E-state index contributed by atoms with van der Waals surface area (Å²) in [6.07, 6.45) is 0. The van der Waals surface area contributed by atoms with Crippen molar-refractivity contribution in [3.8, 4) is 16.6 Å². The fourth-order valence-electron chi connectivity index (χ4n) is 1.87. The molecule has 5 nitrogen and oxygen atoms in total. The van der Waals surface area contributed by atoms with E-state index >= 15 is 0 Å². The Balaban J connectivity index is 2.52. The van der Waals surface area contributed by atoms with Crippen LogP contribution in [0, 0.1) is 18.3 Å². The van der Waals surface area contributed by atoms with Crippen molar-refractivity contribution in [2.24, 2.45) is 0 Å². The van der Waals surface area contributed by atoms with E-state index in [4.69, 9.17) is 5.11 Å². The summed E-state index contributed by atoms with van der Waals surface area (Å²) in [5, 5.41) is 18.9. The highest BCUT2D eigenvalue weighted by Crippen LogP contribution is 2.31. The van der Waals surface area contributed by atoms with E-state index in [1.165, 1.54) is 0 Å². The molecule has 6 heteroatoms. The summed E-state index contributed by atoms with van der Waals surface area (Å²) in [7, 11) is 3.73. The molecule has 20 heavy (non-hydrogen) atoms. The number of carbonyl (C=O) groups is 1. The smallest absolute Gasteiger partial charge is 0.347 e. The van der Waals surface area contributed by atoms with Gasteiger partial charge in [-0.1, -0.05) is 0 Å². The fourth-order valence-corrected chi connectivity index (χ4v) is 2.77. The van der Waals surface area contributed by atoms with E-state index in [1.54, 1.807) is 13.0 Å². The Morgan fingerprint density at radius 3 is 2.65 bits per heavy atom. The highest BCUT2D eigenvalue weighted by Gasteiger charge is 2.16. The van der Waals surface area contributed by atoms with Crippen molar-refractivity contribution < 1.29 is 9.90 Å². The lowest BCUT2D eigenvalue weighted by Crippen LogP contribution is -2.10. The maximum absolute atomic E-state index is 11.0. The molecule has 0 aliphatic carbocycles. The number of nitriles is 1. The molecule has 1 heterocycles. The van der Waals surface area contributed by atoms with Gasteiger partial charge in [0.1, 0.15) is 16.0 Å². The molecule has 0 atom stereocenters. The summed E-state index contributed by atoms with van der Waals surface area (Å²) < 4.78 is 0. The predicted octanol–water partition coefficient (Wildman–Crippen LogP) is 2.75. The van der Waals surface area contributed by atoms with Crippen molar-refractivity contribution in [2.75, 3.05) is 19.0 Å². The molecule has 0 amide bonds. The second-order valence-corrected chi connectivity index (χ2v) is 5.48. The number of carboxylic acid groups (broad SMARTS) is 1. The Kier molecular flexibility index (Phi) is 3.72. The van der Waals surface area contributed by atoms with Gasteiger partial charge in [0, 0.05) is 19.7 Å². The molecule has 0 bridgehead atoms. The molecule has 0 unspecified atom stereocenters. The highest BCUT2D eigenvalue weighted by molar-refractivity contribution is 7.17. The van der Waals surface area contributed by atoms with E-state index in [0.29, 0.717) is 16.3 Å². The van der Waals surface area contributed by atoms with Crippen molar-refractivity contribution in [1.82, 2.24) is 4.98 Å². The summed E-state index contributed by atoms with van der Waals surface area (Å²) in [6, 6.07) is 7.57. The third kappa shape index (κ3) is 2.49. The van der Waals surface area contributed by atoms with Gasteiger partial charge in [0.15, 0.2) is 0 Å². The zero-order chi connectivity index (χ0) is 14.9. The Hall–Kier alpha value is -2.39. The van der Waals surface area contributed by atoms with E-state index in [0.717, 1.165) is 22.6 Å². The highest BCUT2D eigenvalue weighted by atomic mass is 32.1. The number of benzene rings is 1. The van der Waals surface area contributed by atoms with E-state index in [2.05, 4.69) is 11.1 Å². The standard InChI is InChI=1S/C14H13N3O2S/c1-8-12(14(18)19)20-13(16-8)9-4-5-11(17(2)3)10(6-9)7-15/h4-6H,1-3H3,(H,18,19). The number of nitrogens with zero attached hydrogens (tertiary/aromatic N) is 3. The van der Waals surface area contributed by atoms with Crippen molar-refractivity contribution in [3.63, 3.8) is 0 Å². The molecule has 1 aromatic carbocycles. The summed E-state index contributed by atoms with van der Waals surface area (Å²) in [5.74, 6) is -0.975. The van der Waals surface area contributed by atoms with Gasteiger partial charge in [-0.15, -0.1) is 11.3 Å². The van der Waals surface area contributed by atoms with Gasteiger partial charge >= 0.3 is 5.97 Å². The zero-order valence-electron chi connectivity index (χ0n) is 11.3. The van der Waals surface area contributed by atoms with Crippen LogP contribution >= 0.6 is 11.3 Å². The van der Waals surface area contributed by atoms with Crippen molar-refractivity contribution in [3.05, 3.63) is 34.3 Å². The number of carboxylic acids is 1. The molecule has 0 saturated heterocycles. The maximum atomic E-state index is 11.0. The lowest BCUT2D eigenvalue weighted by atomic mass is 10.1. The average Bonchev–Trinajstić information content (AvgIpc) is 2.80. The minimum absolute atomic E-state index is 0.232. The molecule has 102 valence electrons. The molecular weight excluding hydrogens is 274 g/mol. The normalized spacial score (nSPS) is 10.1. The van der Waals surface area contributed by atoms with Gasteiger partial charge in [-0.2, -0.15) is 5.26 Å². The van der Waals surface area contributed by atoms with Crippen LogP contribution < -0.4 is 4.90 Å². The van der Waals surface area contributed by atoms with Gasteiger partial charge < -0.3 is 10.0 Å². The Morgan fingerprint density at radius 2 is 2.15 bits per heavy atom. The number of rotatable bonds is 3. The lowest BCUT2D eigenvalue weighted by Gasteiger charge is -2.14. The maximum Gasteiger partial charge on any atom is 0.347 e. The van der Waals surface area contributed by atoms with Gasteiger partial charge in [0.2, 0.25) is 0 Å². The molecule has 0 aliphatic heterocycles. The summed E-state index contributed by atoms with van der Waals surface area (Å²) in [4.78, 5) is 17.4. The molecule has 2 rings (SSSR count). The van der Waals surface area contributed by atoms with E-state index in [1.807, 2.05) is 31.1 Å². The minimum atomic E-state index is -0.975. The second kappa shape index (κ2) is 5.31. The van der Waals surface area contributed by atoms with E-state index in [-0.39, 0.29) is 4.88 Å². The van der Waals surface area contributed by atoms with Gasteiger partial charge in [-0.3, -0.25) is 0 Å². The number of aryl methyl sites for hydroxylation is 1. The van der Waals surface area contributed by atoms with Crippen LogP contribution in [0.15, 0.2) is 18.2 Å². The van der Waals surface area contributed by atoms with Gasteiger partial charge in [-0.05, 0) is 25.1 Å². The third-order valence-electron chi connectivity index (χ3n) is 2.84. The van der Waals surface area contributed by atoms with E-state index in [9.17, 15) is 10.1 Å². The summed E-state index contributed by atoms with van der Waals surface area (Å²) in [6.45, 7) is 1.67. The van der Waals surface area contributed by atoms with Crippen molar-refractivity contribution in [2.45, 2.75) is 6.92 Å². The van der Waals surface area contributed by atoms with Crippen LogP contribution in [0.4, 0.5) is 5.69 Å². The second-order valence-electron chi connectivity index (χ2n) is 4.48. The molecule has 1 aromatic heterocycles. The zero-order valence-corrected chi connectivity index (χ0v) is 12.2. The first-order valence-electron chi connectivity index (χ1n) is 5.86. The van der Waals surface area contributed by atoms with Crippen LogP contribution in [0.25, 0.3) is 10.6 Å². The average molecular weight is 287 g/mol. The summed E-state index contributed by atoms with van der Waals surface area (Å²) >= 11 is 1.12. The summed E-state index contributed by atoms with van der Waals surface area (Å²) in [5.41, 5.74) is 2.61. The molecule has 0 saturated carbocycles. The quantitative estimate of drug-likeness (QED) is 0.939. The topological polar surface area (TPSA) is 77.2 Å². The van der Waals surface area contributed by atoms with Gasteiger partial charge in [-0.25, -0.2) is 9.78 Å². The third-order valence-corrected chi connectivity index (χ3v) is 4.03. The van der Waals surface area contributed by atoms with Crippen LogP contribution in [0.5, 0.6) is 0 Å². The fraction of sp³-hybridized carbons (Fsp3) is 0.214. The van der Waals surface area contributed by atoms with Crippen molar-refractivity contribution >= 4 is 23.0 Å². The van der Waals surface area contributed by atoms with Crippen LogP contribution in [0.2, 0.25) is 0 Å². The van der Waals surface area contributed by atoms with Gasteiger partial charge in [0.05, 0.1) is 16.9 Å². The largest absolute Gasteiger partial charge is 0.477 e. The first-order valence-corrected chi connectivity index (χ1v) is 6.68. The Labute approximate surface area is 120 Å². The molecule has 0 fully saturated rings. The number of hydrogen-bond acceptors (Lipinski definition) is 5. The molecular formula is C14H13N3O2S. The number of anilines is 1. The lowest BCUT2D eigenvalue weighted by molar-refractivity contribution is 0.0701. The molecule has 2 aromatic rings. The molecule has 1 N–H and O–H groups in total. The van der Waals surface area contributed by atoms with E-state index < -0.39 is 5.97 Å². The first-order chi connectivity index (χ1) is 9.43. The number of aromatic carboxylic acids is 1. The van der Waals surface area contributed by atoms with Crippen molar-refractivity contribution in [1.29, 1.82) is 5.26 Å². The Bertz CT molecular complexity index is 714. The predicted molar refractivity (Wildman–Crippen MR) is 78.3 cm³/mol. The van der Waals surface area contributed by atoms with Crippen LogP contribution in [0.1, 0.15) is 20.9 Å². The first kappa shape index (κ1) is 14.0. The minimum Gasteiger partial charge on any atom is -0.477 e. The van der Waals surface area contributed by atoms with Crippen LogP contribution in [0.3, 0.4) is 0 Å². The van der Waals surface area contributed by atoms with Crippen LogP contribution in [-0.2, 0) is 0 Å². The molecule has 0 radical (unpaired) electrons. The molecule has 0 aliphatic rings. The Morgan fingerprint density at radius 1 is 1.45 bits per heavy atom. The SMILES string of the molecule is Cc1nc(-c2ccc(N(C)C)c(C#N)c2)sc1C(=O)O. The number of aromatic nitrogens is 1. The monoisotopic (exact) mass is 287 g/mol. The van der Waals surface area contributed by atoms with Crippen LogP contribution in [-0.4, -0.2) is 30.2 Å².